The quantitative estimate of drug-likeness (QED) is 0.251. The first-order chi connectivity index (χ1) is 17.3. The number of phenols is 1. The van der Waals surface area contributed by atoms with E-state index in [4.69, 9.17) is 16.3 Å². The first-order valence-electron chi connectivity index (χ1n) is 11.9. The number of benzene rings is 3. The predicted octanol–water partition coefficient (Wildman–Crippen LogP) is 7.06. The molecule has 0 spiro atoms. The summed E-state index contributed by atoms with van der Waals surface area (Å²) in [6, 6.07) is 16.6. The number of aryl methyl sites for hydroxylation is 2. The molecule has 0 bridgehead atoms. The summed E-state index contributed by atoms with van der Waals surface area (Å²) in [5.74, 6) is 1.02. The molecule has 5 rings (SSSR count). The van der Waals surface area contributed by atoms with Gasteiger partial charge in [-0.25, -0.2) is 0 Å². The Morgan fingerprint density at radius 1 is 1.11 bits per heavy atom. The average Bonchev–Trinajstić information content (AvgIpc) is 3.18. The van der Waals surface area contributed by atoms with Gasteiger partial charge in [0, 0.05) is 51.8 Å². The summed E-state index contributed by atoms with van der Waals surface area (Å²) >= 11 is 7.59. The van der Waals surface area contributed by atoms with Crippen LogP contribution in [0.3, 0.4) is 0 Å². The molecule has 1 N–H and O–H groups in total. The molecule has 1 aromatic heterocycles. The number of halogens is 2. The standard InChI is InChI=1S/C29H27ClFNO3S/c1-17-11-21(30)12-18(2)26(17)28(34)29-27(24-8-5-22(33)13-25(24)36-29)20-3-6-23(7-4-20)35-10-9-32-15-19(14-31)16-32/h3-8,11-13,19,33H,9-10,14-16H2,1-2H3. The van der Waals surface area contributed by atoms with Crippen LogP contribution in [-0.2, 0) is 0 Å². The minimum atomic E-state index is -0.253. The third kappa shape index (κ3) is 4.85. The number of aromatic hydroxyl groups is 1. The van der Waals surface area contributed by atoms with Crippen molar-refractivity contribution in [3.05, 3.63) is 81.2 Å². The van der Waals surface area contributed by atoms with Gasteiger partial charge in [-0.2, -0.15) is 0 Å². The second-order valence-corrected chi connectivity index (χ2v) is 10.9. The summed E-state index contributed by atoms with van der Waals surface area (Å²) in [6.07, 6.45) is 0. The van der Waals surface area contributed by atoms with Gasteiger partial charge >= 0.3 is 0 Å². The SMILES string of the molecule is Cc1cc(Cl)cc(C)c1C(=O)c1sc2cc(O)ccc2c1-c1ccc(OCCN2CC(CF)C2)cc1. The number of thiophene rings is 1. The molecular formula is C29H27ClFNO3S. The van der Waals surface area contributed by atoms with Gasteiger partial charge in [-0.3, -0.25) is 14.1 Å². The van der Waals surface area contributed by atoms with Crippen molar-refractivity contribution in [1.82, 2.24) is 4.90 Å². The summed E-state index contributed by atoms with van der Waals surface area (Å²) in [6.45, 7) is 6.44. The number of rotatable bonds is 8. The lowest BCUT2D eigenvalue weighted by atomic mass is 9.94. The highest BCUT2D eigenvalue weighted by Gasteiger charge is 2.26. The molecule has 0 radical (unpaired) electrons. The molecule has 1 fully saturated rings. The zero-order chi connectivity index (χ0) is 25.4. The maximum atomic E-state index is 13.9. The van der Waals surface area contributed by atoms with Crippen LogP contribution in [0.4, 0.5) is 4.39 Å². The van der Waals surface area contributed by atoms with Crippen molar-refractivity contribution in [1.29, 1.82) is 0 Å². The van der Waals surface area contributed by atoms with Gasteiger partial charge in [0.25, 0.3) is 0 Å². The van der Waals surface area contributed by atoms with Crippen LogP contribution in [0.15, 0.2) is 54.6 Å². The molecule has 36 heavy (non-hydrogen) atoms. The van der Waals surface area contributed by atoms with Crippen molar-refractivity contribution in [2.75, 3.05) is 32.9 Å². The fraction of sp³-hybridized carbons (Fsp3) is 0.276. The molecule has 0 unspecified atom stereocenters. The summed E-state index contributed by atoms with van der Waals surface area (Å²) < 4.78 is 19.4. The summed E-state index contributed by atoms with van der Waals surface area (Å²) in [7, 11) is 0. The minimum Gasteiger partial charge on any atom is -0.508 e. The van der Waals surface area contributed by atoms with Gasteiger partial charge in [0.05, 0.1) is 11.6 Å². The maximum Gasteiger partial charge on any atom is 0.204 e. The summed E-state index contributed by atoms with van der Waals surface area (Å²) in [5, 5.41) is 11.6. The van der Waals surface area contributed by atoms with Crippen LogP contribution in [0.2, 0.25) is 5.02 Å². The highest BCUT2D eigenvalue weighted by molar-refractivity contribution is 7.21. The van der Waals surface area contributed by atoms with Gasteiger partial charge in [0.1, 0.15) is 18.1 Å². The molecule has 1 aliphatic heterocycles. The fourth-order valence-corrected chi connectivity index (χ4v) is 6.41. The highest BCUT2D eigenvalue weighted by atomic mass is 35.5. The molecular weight excluding hydrogens is 497 g/mol. The van der Waals surface area contributed by atoms with E-state index < -0.39 is 0 Å². The molecule has 1 aliphatic rings. The van der Waals surface area contributed by atoms with E-state index in [0.29, 0.717) is 22.1 Å². The highest BCUT2D eigenvalue weighted by Crippen LogP contribution is 2.42. The third-order valence-corrected chi connectivity index (χ3v) is 8.04. The van der Waals surface area contributed by atoms with Crippen LogP contribution < -0.4 is 4.74 Å². The molecule has 2 heterocycles. The number of alkyl halides is 1. The predicted molar refractivity (Wildman–Crippen MR) is 145 cm³/mol. The van der Waals surface area contributed by atoms with E-state index in [0.717, 1.165) is 57.7 Å². The van der Waals surface area contributed by atoms with Gasteiger partial charge < -0.3 is 9.84 Å². The molecule has 0 saturated carbocycles. The minimum absolute atomic E-state index is 0.0567. The second kappa shape index (κ2) is 10.2. The number of carbonyl (C=O) groups is 1. The Kier molecular flexibility index (Phi) is 7.02. The summed E-state index contributed by atoms with van der Waals surface area (Å²) in [4.78, 5) is 16.7. The molecule has 1 saturated heterocycles. The van der Waals surface area contributed by atoms with E-state index in [-0.39, 0.29) is 24.1 Å². The van der Waals surface area contributed by atoms with Gasteiger partial charge in [-0.15, -0.1) is 11.3 Å². The normalized spacial score (nSPS) is 14.2. The molecule has 186 valence electrons. The van der Waals surface area contributed by atoms with Crippen molar-refractivity contribution in [2.45, 2.75) is 13.8 Å². The van der Waals surface area contributed by atoms with Gasteiger partial charge in [-0.1, -0.05) is 23.7 Å². The number of fused-ring (bicyclic) bond motifs is 1. The monoisotopic (exact) mass is 523 g/mol. The Hall–Kier alpha value is -2.93. The van der Waals surface area contributed by atoms with Crippen LogP contribution >= 0.6 is 22.9 Å². The van der Waals surface area contributed by atoms with Gasteiger partial charge in [0.15, 0.2) is 0 Å². The second-order valence-electron chi connectivity index (χ2n) is 9.38. The van der Waals surface area contributed by atoms with E-state index in [9.17, 15) is 14.3 Å². The number of hydrogen-bond donors (Lipinski definition) is 1. The molecule has 7 heteroatoms. The fourth-order valence-electron chi connectivity index (χ4n) is 4.88. The Morgan fingerprint density at radius 3 is 2.47 bits per heavy atom. The summed E-state index contributed by atoms with van der Waals surface area (Å²) in [5.41, 5.74) is 4.07. The smallest absolute Gasteiger partial charge is 0.204 e. The van der Waals surface area contributed by atoms with Crippen LogP contribution in [0.25, 0.3) is 21.2 Å². The van der Waals surface area contributed by atoms with Crippen molar-refractivity contribution in [2.24, 2.45) is 5.92 Å². The van der Waals surface area contributed by atoms with Crippen molar-refractivity contribution in [3.8, 4) is 22.6 Å². The van der Waals surface area contributed by atoms with Crippen LogP contribution in [0.5, 0.6) is 11.5 Å². The van der Waals surface area contributed by atoms with Crippen molar-refractivity contribution >= 4 is 38.8 Å². The zero-order valence-corrected chi connectivity index (χ0v) is 21.8. The van der Waals surface area contributed by atoms with E-state index in [1.165, 1.54) is 11.3 Å². The van der Waals surface area contributed by atoms with Crippen LogP contribution in [-0.4, -0.2) is 48.7 Å². The van der Waals surface area contributed by atoms with Crippen LogP contribution in [0, 0.1) is 19.8 Å². The largest absolute Gasteiger partial charge is 0.508 e. The molecule has 0 atom stereocenters. The molecule has 4 aromatic rings. The van der Waals surface area contributed by atoms with E-state index in [1.807, 2.05) is 56.3 Å². The first kappa shape index (κ1) is 24.8. The first-order valence-corrected chi connectivity index (χ1v) is 13.1. The Bertz CT molecular complexity index is 1400. The van der Waals surface area contributed by atoms with Gasteiger partial charge in [-0.05, 0) is 73.0 Å². The number of carbonyl (C=O) groups excluding carboxylic acids is 1. The number of likely N-dealkylation sites (tertiary alicyclic amines) is 1. The average molecular weight is 524 g/mol. The Balaban J connectivity index is 1.45. The molecule has 4 nitrogen and oxygen atoms in total. The lowest BCUT2D eigenvalue weighted by Crippen LogP contribution is -2.49. The van der Waals surface area contributed by atoms with Crippen LogP contribution in [0.1, 0.15) is 26.4 Å². The van der Waals surface area contributed by atoms with Crippen molar-refractivity contribution in [3.63, 3.8) is 0 Å². The number of hydrogen-bond acceptors (Lipinski definition) is 5. The lowest BCUT2D eigenvalue weighted by molar-refractivity contribution is 0.0668. The Morgan fingerprint density at radius 2 is 1.81 bits per heavy atom. The molecule has 0 aliphatic carbocycles. The Labute approximate surface area is 218 Å². The van der Waals surface area contributed by atoms with Crippen molar-refractivity contribution < 1.29 is 19.0 Å². The van der Waals surface area contributed by atoms with Gasteiger partial charge in [0.2, 0.25) is 5.78 Å². The van der Waals surface area contributed by atoms with E-state index >= 15 is 0 Å². The number of nitrogens with zero attached hydrogens (tertiary/aromatic N) is 1. The zero-order valence-electron chi connectivity index (χ0n) is 20.2. The number of ketones is 1. The van der Waals surface area contributed by atoms with E-state index in [1.54, 1.807) is 12.1 Å². The number of phenolic OH excluding ortho intramolecular Hbond substituents is 1. The van der Waals surface area contributed by atoms with E-state index in [2.05, 4.69) is 4.90 Å². The molecule has 3 aromatic carbocycles. The topological polar surface area (TPSA) is 49.8 Å². The lowest BCUT2D eigenvalue weighted by Gasteiger charge is -2.37. The number of ether oxygens (including phenoxy) is 1. The molecule has 0 amide bonds. The third-order valence-electron chi connectivity index (χ3n) is 6.67. The maximum absolute atomic E-state index is 13.9.